The number of aliphatic imine (C=N–C) groups is 1. The summed E-state index contributed by atoms with van der Waals surface area (Å²) in [4.78, 5) is 4.65. The second-order valence-corrected chi connectivity index (χ2v) is 5.77. The predicted octanol–water partition coefficient (Wildman–Crippen LogP) is 2.12. The first kappa shape index (κ1) is 12.0. The van der Waals surface area contributed by atoms with Gasteiger partial charge in [-0.1, -0.05) is 23.9 Å². The van der Waals surface area contributed by atoms with Crippen LogP contribution in [-0.4, -0.2) is 24.1 Å². The Kier molecular flexibility index (Phi) is 3.03. The third-order valence-electron chi connectivity index (χ3n) is 3.69. The van der Waals surface area contributed by atoms with Crippen molar-refractivity contribution in [1.29, 1.82) is 0 Å². The molecule has 0 bridgehead atoms. The van der Waals surface area contributed by atoms with Crippen molar-refractivity contribution in [2.24, 2.45) is 16.6 Å². The number of halogens is 1. The van der Waals surface area contributed by atoms with Gasteiger partial charge in [-0.05, 0) is 24.1 Å². The molecule has 1 saturated heterocycles. The van der Waals surface area contributed by atoms with Crippen molar-refractivity contribution < 1.29 is 9.13 Å². The largest absolute Gasteiger partial charge is 0.379 e. The van der Waals surface area contributed by atoms with E-state index in [0.29, 0.717) is 17.7 Å². The van der Waals surface area contributed by atoms with E-state index in [1.54, 1.807) is 23.9 Å². The number of ether oxygens (including phenoxy) is 1. The van der Waals surface area contributed by atoms with Gasteiger partial charge in [-0.25, -0.2) is 9.38 Å². The number of hydrogen-bond acceptors (Lipinski definition) is 4. The van der Waals surface area contributed by atoms with E-state index in [1.165, 1.54) is 12.1 Å². The zero-order valence-electron chi connectivity index (χ0n) is 9.93. The maximum absolute atomic E-state index is 13.1. The number of hydrogen-bond donors (Lipinski definition) is 1. The molecule has 0 aromatic heterocycles. The molecule has 0 saturated carbocycles. The molecule has 3 rings (SSSR count). The molecule has 1 aromatic carbocycles. The lowest BCUT2D eigenvalue weighted by Gasteiger charge is -2.43. The van der Waals surface area contributed by atoms with Gasteiger partial charge < -0.3 is 10.5 Å². The summed E-state index contributed by atoms with van der Waals surface area (Å²) in [6.07, 6.45) is 0.973. The number of nitrogens with zero attached hydrogens (tertiary/aromatic N) is 1. The minimum Gasteiger partial charge on any atom is -0.379 e. The molecule has 0 radical (unpaired) electrons. The van der Waals surface area contributed by atoms with Crippen LogP contribution in [0.5, 0.6) is 0 Å². The van der Waals surface area contributed by atoms with Crippen LogP contribution in [0.2, 0.25) is 0 Å². The maximum atomic E-state index is 13.1. The van der Waals surface area contributed by atoms with Gasteiger partial charge >= 0.3 is 0 Å². The summed E-state index contributed by atoms with van der Waals surface area (Å²) in [6, 6.07) is 6.54. The van der Waals surface area contributed by atoms with Gasteiger partial charge in [0, 0.05) is 18.3 Å². The van der Waals surface area contributed by atoms with Crippen molar-refractivity contribution in [1.82, 2.24) is 0 Å². The predicted molar refractivity (Wildman–Crippen MR) is 71.1 cm³/mol. The van der Waals surface area contributed by atoms with Gasteiger partial charge in [-0.15, -0.1) is 0 Å². The van der Waals surface area contributed by atoms with Gasteiger partial charge in [0.05, 0.1) is 6.61 Å². The summed E-state index contributed by atoms with van der Waals surface area (Å²) in [7, 11) is 0. The van der Waals surface area contributed by atoms with E-state index in [2.05, 4.69) is 4.99 Å². The lowest BCUT2D eigenvalue weighted by Crippen LogP contribution is -2.47. The Bertz CT molecular complexity index is 476. The first-order valence-corrected chi connectivity index (χ1v) is 7.01. The second-order valence-electron chi connectivity index (χ2n) is 4.73. The molecule has 0 aliphatic carbocycles. The molecule has 0 unspecified atom stereocenters. The molecule has 18 heavy (non-hydrogen) atoms. The second kappa shape index (κ2) is 4.55. The highest BCUT2D eigenvalue weighted by Gasteiger charge is 2.45. The molecule has 3 nitrogen and oxygen atoms in total. The first-order chi connectivity index (χ1) is 8.71. The molecule has 0 amide bonds. The van der Waals surface area contributed by atoms with Crippen LogP contribution in [0.4, 0.5) is 4.39 Å². The van der Waals surface area contributed by atoms with E-state index < -0.39 is 5.54 Å². The standard InChI is InChI=1S/C13H15FN2OS/c14-11-3-1-9(2-4-11)13-8-17-6-5-10(13)7-18-12(15)16-13/h1-4,10H,5-8H2,(H2,15,16)/t10-,13+/m0/s1. The van der Waals surface area contributed by atoms with Crippen molar-refractivity contribution in [2.45, 2.75) is 12.0 Å². The van der Waals surface area contributed by atoms with Crippen molar-refractivity contribution in [3.63, 3.8) is 0 Å². The van der Waals surface area contributed by atoms with Gasteiger partial charge in [0.25, 0.3) is 0 Å². The molecular weight excluding hydrogens is 251 g/mol. The Morgan fingerprint density at radius 2 is 2.17 bits per heavy atom. The lowest BCUT2D eigenvalue weighted by atomic mass is 9.77. The summed E-state index contributed by atoms with van der Waals surface area (Å²) in [5, 5.41) is 0.598. The molecular formula is C13H15FN2OS. The monoisotopic (exact) mass is 266 g/mol. The van der Waals surface area contributed by atoms with Gasteiger partial charge in [-0.3, -0.25) is 0 Å². The van der Waals surface area contributed by atoms with Crippen LogP contribution in [0.3, 0.4) is 0 Å². The van der Waals surface area contributed by atoms with Crippen LogP contribution in [-0.2, 0) is 10.3 Å². The van der Waals surface area contributed by atoms with Gasteiger partial charge in [0.1, 0.15) is 11.4 Å². The fourth-order valence-electron chi connectivity index (χ4n) is 2.69. The summed E-state index contributed by atoms with van der Waals surface area (Å²) in [6.45, 7) is 1.30. The number of nitrogens with two attached hydrogens (primary N) is 1. The number of amidine groups is 1. The fraction of sp³-hybridized carbons (Fsp3) is 0.462. The van der Waals surface area contributed by atoms with Crippen LogP contribution in [0, 0.1) is 11.7 Å². The summed E-state index contributed by atoms with van der Waals surface area (Å²) in [5.41, 5.74) is 6.46. The highest BCUT2D eigenvalue weighted by molar-refractivity contribution is 8.13. The molecule has 1 fully saturated rings. The van der Waals surface area contributed by atoms with E-state index in [-0.39, 0.29) is 5.82 Å². The topological polar surface area (TPSA) is 47.6 Å². The van der Waals surface area contributed by atoms with Crippen LogP contribution in [0.15, 0.2) is 29.3 Å². The summed E-state index contributed by atoms with van der Waals surface area (Å²) >= 11 is 1.60. The zero-order valence-corrected chi connectivity index (χ0v) is 10.8. The third-order valence-corrected chi connectivity index (χ3v) is 4.65. The number of rotatable bonds is 1. The van der Waals surface area contributed by atoms with Crippen molar-refractivity contribution in [2.75, 3.05) is 19.0 Å². The van der Waals surface area contributed by atoms with Crippen molar-refractivity contribution >= 4 is 16.9 Å². The average molecular weight is 266 g/mol. The molecule has 2 aliphatic heterocycles. The van der Waals surface area contributed by atoms with E-state index >= 15 is 0 Å². The van der Waals surface area contributed by atoms with Gasteiger partial charge in [-0.2, -0.15) is 0 Å². The van der Waals surface area contributed by atoms with Crippen molar-refractivity contribution in [3.05, 3.63) is 35.6 Å². The maximum Gasteiger partial charge on any atom is 0.154 e. The van der Waals surface area contributed by atoms with Crippen LogP contribution in [0.1, 0.15) is 12.0 Å². The Labute approximate surface area is 110 Å². The van der Waals surface area contributed by atoms with Gasteiger partial charge in [0.2, 0.25) is 0 Å². The molecule has 1 aromatic rings. The van der Waals surface area contributed by atoms with E-state index in [0.717, 1.165) is 24.3 Å². The Balaban J connectivity index is 2.07. The molecule has 2 atom stereocenters. The van der Waals surface area contributed by atoms with Crippen LogP contribution >= 0.6 is 11.8 Å². The molecule has 2 heterocycles. The first-order valence-electron chi connectivity index (χ1n) is 6.03. The third kappa shape index (κ3) is 1.91. The van der Waals surface area contributed by atoms with Crippen LogP contribution < -0.4 is 5.73 Å². The number of benzene rings is 1. The smallest absolute Gasteiger partial charge is 0.154 e. The normalized spacial score (nSPS) is 31.6. The minimum atomic E-state index is -0.415. The number of thioether (sulfide) groups is 1. The highest BCUT2D eigenvalue weighted by atomic mass is 32.2. The van der Waals surface area contributed by atoms with Gasteiger partial charge in [0.15, 0.2) is 5.17 Å². The lowest BCUT2D eigenvalue weighted by molar-refractivity contribution is 0.00449. The fourth-order valence-corrected chi connectivity index (χ4v) is 3.73. The zero-order chi connectivity index (χ0) is 12.6. The molecule has 2 N–H and O–H groups in total. The van der Waals surface area contributed by atoms with E-state index in [9.17, 15) is 4.39 Å². The van der Waals surface area contributed by atoms with E-state index in [1.807, 2.05) is 0 Å². The highest BCUT2D eigenvalue weighted by Crippen LogP contribution is 2.44. The van der Waals surface area contributed by atoms with Crippen molar-refractivity contribution in [3.8, 4) is 0 Å². The Morgan fingerprint density at radius 3 is 2.94 bits per heavy atom. The molecule has 96 valence electrons. The molecule has 0 spiro atoms. The summed E-state index contributed by atoms with van der Waals surface area (Å²) in [5.74, 6) is 1.13. The molecule has 2 aliphatic rings. The Morgan fingerprint density at radius 1 is 1.39 bits per heavy atom. The number of fused-ring (bicyclic) bond motifs is 1. The Hall–Kier alpha value is -1.07. The average Bonchev–Trinajstić information content (AvgIpc) is 2.39. The SMILES string of the molecule is NC1=N[C@@]2(c3ccc(F)cc3)COCC[C@H]2CS1. The molecule has 5 heteroatoms. The van der Waals surface area contributed by atoms with E-state index in [4.69, 9.17) is 10.5 Å². The van der Waals surface area contributed by atoms with Crippen LogP contribution in [0.25, 0.3) is 0 Å². The summed E-state index contributed by atoms with van der Waals surface area (Å²) < 4.78 is 18.7. The minimum absolute atomic E-state index is 0.231. The quantitative estimate of drug-likeness (QED) is 0.847.